The second kappa shape index (κ2) is 7.28. The lowest BCUT2D eigenvalue weighted by molar-refractivity contribution is -0.135. The van der Waals surface area contributed by atoms with Crippen LogP contribution in [0.3, 0.4) is 0 Å². The van der Waals surface area contributed by atoms with Crippen LogP contribution in [0.15, 0.2) is 6.07 Å². The molecule has 2 rings (SSSR count). The SMILES string of the molecule is COCC(=O)N1CCN(c2cc(C(C)(C)C)nc(C(C)(C)C)n2)CC1. The highest BCUT2D eigenvalue weighted by atomic mass is 16.5. The first kappa shape index (κ1) is 19.6. The smallest absolute Gasteiger partial charge is 0.248 e. The van der Waals surface area contributed by atoms with Crippen molar-refractivity contribution in [3.63, 3.8) is 0 Å². The van der Waals surface area contributed by atoms with Gasteiger partial charge in [-0.1, -0.05) is 41.5 Å². The van der Waals surface area contributed by atoms with E-state index in [2.05, 4.69) is 52.5 Å². The van der Waals surface area contributed by atoms with Crippen LogP contribution in [0.4, 0.5) is 5.82 Å². The highest BCUT2D eigenvalue weighted by Crippen LogP contribution is 2.28. The average molecular weight is 348 g/mol. The van der Waals surface area contributed by atoms with Crippen molar-refractivity contribution in [1.82, 2.24) is 14.9 Å². The molecule has 0 unspecified atom stereocenters. The predicted molar refractivity (Wildman–Crippen MR) is 100 cm³/mol. The predicted octanol–water partition coefficient (Wildman–Crippen LogP) is 2.37. The van der Waals surface area contributed by atoms with Gasteiger partial charge in [0.1, 0.15) is 18.2 Å². The molecule has 25 heavy (non-hydrogen) atoms. The normalized spacial score (nSPS) is 16.3. The number of rotatable bonds is 3. The maximum atomic E-state index is 12.0. The number of carbonyl (C=O) groups excluding carboxylic acids is 1. The number of piperazine rings is 1. The maximum absolute atomic E-state index is 12.0. The third-order valence-corrected chi connectivity index (χ3v) is 4.38. The summed E-state index contributed by atoms with van der Waals surface area (Å²) in [5.41, 5.74) is 0.917. The average Bonchev–Trinajstić information content (AvgIpc) is 2.53. The number of hydrogen-bond donors (Lipinski definition) is 0. The van der Waals surface area contributed by atoms with Crippen LogP contribution in [-0.2, 0) is 20.4 Å². The second-order valence-electron chi connectivity index (χ2n) is 8.74. The molecular weight excluding hydrogens is 316 g/mol. The van der Waals surface area contributed by atoms with Crippen molar-refractivity contribution in [2.45, 2.75) is 52.4 Å². The van der Waals surface area contributed by atoms with Gasteiger partial charge in [0, 0.05) is 50.2 Å². The highest BCUT2D eigenvalue weighted by molar-refractivity contribution is 5.77. The molecule has 2 heterocycles. The fourth-order valence-corrected chi connectivity index (χ4v) is 2.72. The summed E-state index contributed by atoms with van der Waals surface area (Å²) in [5, 5.41) is 0. The second-order valence-corrected chi connectivity index (χ2v) is 8.74. The van der Waals surface area contributed by atoms with Crippen molar-refractivity contribution >= 4 is 11.7 Å². The van der Waals surface area contributed by atoms with Crippen LogP contribution in [-0.4, -0.2) is 60.7 Å². The third-order valence-electron chi connectivity index (χ3n) is 4.38. The van der Waals surface area contributed by atoms with Crippen molar-refractivity contribution in [3.05, 3.63) is 17.6 Å². The fraction of sp³-hybridized carbons (Fsp3) is 0.737. The summed E-state index contributed by atoms with van der Waals surface area (Å²) in [6, 6.07) is 2.10. The lowest BCUT2D eigenvalue weighted by Gasteiger charge is -2.36. The Balaban J connectivity index is 2.23. The molecule has 0 aliphatic carbocycles. The molecule has 140 valence electrons. The third kappa shape index (κ3) is 4.91. The van der Waals surface area contributed by atoms with Crippen molar-refractivity contribution in [2.75, 3.05) is 44.8 Å². The molecule has 0 N–H and O–H groups in total. The van der Waals surface area contributed by atoms with E-state index in [0.29, 0.717) is 13.1 Å². The highest BCUT2D eigenvalue weighted by Gasteiger charge is 2.27. The van der Waals surface area contributed by atoms with Crippen LogP contribution < -0.4 is 4.90 Å². The van der Waals surface area contributed by atoms with Gasteiger partial charge in [-0.25, -0.2) is 9.97 Å². The van der Waals surface area contributed by atoms with E-state index >= 15 is 0 Å². The topological polar surface area (TPSA) is 58.6 Å². The number of aromatic nitrogens is 2. The molecule has 1 aromatic rings. The molecule has 1 aliphatic heterocycles. The van der Waals surface area contributed by atoms with Crippen molar-refractivity contribution in [3.8, 4) is 0 Å². The van der Waals surface area contributed by atoms with E-state index in [-0.39, 0.29) is 23.3 Å². The lowest BCUT2D eigenvalue weighted by atomic mass is 9.90. The molecule has 0 saturated carbocycles. The van der Waals surface area contributed by atoms with Gasteiger partial charge in [0.2, 0.25) is 5.91 Å². The molecular formula is C19H32N4O2. The molecule has 0 spiro atoms. The number of carbonyl (C=O) groups is 1. The Morgan fingerprint density at radius 2 is 1.64 bits per heavy atom. The zero-order valence-corrected chi connectivity index (χ0v) is 16.7. The molecule has 0 atom stereocenters. The van der Waals surface area contributed by atoms with Crippen LogP contribution in [0.5, 0.6) is 0 Å². The number of ether oxygens (including phenoxy) is 1. The van der Waals surface area contributed by atoms with Crippen molar-refractivity contribution in [1.29, 1.82) is 0 Å². The van der Waals surface area contributed by atoms with E-state index in [1.165, 1.54) is 0 Å². The summed E-state index contributed by atoms with van der Waals surface area (Å²) < 4.78 is 4.95. The summed E-state index contributed by atoms with van der Waals surface area (Å²) in [4.78, 5) is 25.7. The summed E-state index contributed by atoms with van der Waals surface area (Å²) in [5.74, 6) is 1.88. The Morgan fingerprint density at radius 1 is 1.04 bits per heavy atom. The van der Waals surface area contributed by atoms with Gasteiger partial charge in [0.05, 0.1) is 5.69 Å². The minimum atomic E-state index is -0.105. The van der Waals surface area contributed by atoms with Gasteiger partial charge >= 0.3 is 0 Å². The Morgan fingerprint density at radius 3 is 2.12 bits per heavy atom. The van der Waals surface area contributed by atoms with E-state index < -0.39 is 0 Å². The molecule has 0 bridgehead atoms. The van der Waals surface area contributed by atoms with E-state index in [4.69, 9.17) is 14.7 Å². The molecule has 1 aliphatic rings. The van der Waals surface area contributed by atoms with Gasteiger partial charge in [0.25, 0.3) is 0 Å². The number of methoxy groups -OCH3 is 1. The van der Waals surface area contributed by atoms with E-state index in [9.17, 15) is 4.79 Å². The molecule has 1 fully saturated rings. The van der Waals surface area contributed by atoms with Crippen LogP contribution in [0.2, 0.25) is 0 Å². The van der Waals surface area contributed by atoms with Crippen molar-refractivity contribution in [2.24, 2.45) is 0 Å². The largest absolute Gasteiger partial charge is 0.375 e. The Kier molecular flexibility index (Phi) is 5.72. The number of anilines is 1. The first-order chi connectivity index (χ1) is 11.5. The van der Waals surface area contributed by atoms with Crippen LogP contribution in [0.1, 0.15) is 53.1 Å². The van der Waals surface area contributed by atoms with Gasteiger partial charge in [-0.15, -0.1) is 0 Å². The number of hydrogen-bond acceptors (Lipinski definition) is 5. The summed E-state index contributed by atoms with van der Waals surface area (Å²) in [7, 11) is 1.55. The van der Waals surface area contributed by atoms with Gasteiger partial charge < -0.3 is 14.5 Å². The van der Waals surface area contributed by atoms with Gasteiger partial charge in [-0.2, -0.15) is 0 Å². The van der Waals surface area contributed by atoms with Gasteiger partial charge in [-0.05, 0) is 0 Å². The zero-order valence-electron chi connectivity index (χ0n) is 16.7. The molecule has 1 saturated heterocycles. The zero-order chi connectivity index (χ0) is 18.8. The Labute approximate surface area is 151 Å². The summed E-state index contributed by atoms with van der Waals surface area (Å²) in [6.07, 6.45) is 0. The van der Waals surface area contributed by atoms with Crippen molar-refractivity contribution < 1.29 is 9.53 Å². The Hall–Kier alpha value is -1.69. The number of amides is 1. The standard InChI is InChI=1S/C19H32N4O2/c1-18(2,3)14-12-15(21-17(20-14)19(4,5)6)22-8-10-23(11-9-22)16(24)13-25-7/h12H,8-11,13H2,1-7H3. The summed E-state index contributed by atoms with van der Waals surface area (Å²) >= 11 is 0. The van der Waals surface area contributed by atoms with Crippen LogP contribution in [0, 0.1) is 0 Å². The minimum absolute atomic E-state index is 0.0338. The maximum Gasteiger partial charge on any atom is 0.248 e. The fourth-order valence-electron chi connectivity index (χ4n) is 2.72. The van der Waals surface area contributed by atoms with Gasteiger partial charge in [-0.3, -0.25) is 4.79 Å². The van der Waals surface area contributed by atoms with E-state index in [1.807, 2.05) is 4.90 Å². The van der Waals surface area contributed by atoms with Gasteiger partial charge in [0.15, 0.2) is 0 Å². The monoisotopic (exact) mass is 348 g/mol. The lowest BCUT2D eigenvalue weighted by Crippen LogP contribution is -2.50. The Bertz CT molecular complexity index is 577. The van der Waals surface area contributed by atoms with Crippen LogP contribution >= 0.6 is 0 Å². The molecule has 0 radical (unpaired) electrons. The molecule has 1 aromatic heterocycles. The number of nitrogens with zero attached hydrogens (tertiary/aromatic N) is 4. The molecule has 6 heteroatoms. The van der Waals surface area contributed by atoms with E-state index in [0.717, 1.165) is 30.4 Å². The molecule has 1 amide bonds. The molecule has 0 aromatic carbocycles. The first-order valence-electron chi connectivity index (χ1n) is 8.94. The first-order valence-corrected chi connectivity index (χ1v) is 8.94. The van der Waals surface area contributed by atoms with E-state index in [1.54, 1.807) is 7.11 Å². The van der Waals surface area contributed by atoms with Crippen LogP contribution in [0.25, 0.3) is 0 Å². The molecule has 6 nitrogen and oxygen atoms in total. The minimum Gasteiger partial charge on any atom is -0.375 e. The summed E-state index contributed by atoms with van der Waals surface area (Å²) in [6.45, 7) is 16.0. The quantitative estimate of drug-likeness (QED) is 0.839.